The number of phenols is 1. The first-order valence-corrected chi connectivity index (χ1v) is 10.9. The maximum atomic E-state index is 12.7. The molecule has 8 heteroatoms. The Bertz CT molecular complexity index is 976. The molecule has 152 valence electrons. The van der Waals surface area contributed by atoms with Gasteiger partial charge in [0.2, 0.25) is 0 Å². The fraction of sp³-hybridized carbons (Fsp3) is 0.238. The minimum atomic E-state index is -0.353. The van der Waals surface area contributed by atoms with Crippen LogP contribution >= 0.6 is 34.4 Å². The quantitative estimate of drug-likeness (QED) is 0.413. The molecular weight excluding hydrogens is 505 g/mol. The minimum absolute atomic E-state index is 0.0611. The average Bonchev–Trinajstić information content (AvgIpc) is 2.93. The maximum Gasteiger partial charge on any atom is 0.293 e. The molecule has 0 spiro atoms. The second-order valence-corrected chi connectivity index (χ2v) is 8.44. The maximum absolute atomic E-state index is 12.7. The summed E-state index contributed by atoms with van der Waals surface area (Å²) >= 11 is 2.89. The van der Waals surface area contributed by atoms with Gasteiger partial charge < -0.3 is 14.6 Å². The Morgan fingerprint density at radius 2 is 2.00 bits per heavy atom. The number of hydrogen-bond acceptors (Lipinski definition) is 6. The van der Waals surface area contributed by atoms with E-state index in [2.05, 4.69) is 0 Å². The third kappa shape index (κ3) is 5.24. The first-order valence-electron chi connectivity index (χ1n) is 8.99. The molecule has 0 aliphatic carbocycles. The van der Waals surface area contributed by atoms with Gasteiger partial charge in [0.25, 0.3) is 11.1 Å². The molecule has 1 N–H and O–H groups in total. The highest BCUT2D eigenvalue weighted by molar-refractivity contribution is 14.1. The number of amides is 2. The Kier molecular flexibility index (Phi) is 7.07. The second-order valence-electron chi connectivity index (χ2n) is 6.28. The molecule has 1 aliphatic rings. The summed E-state index contributed by atoms with van der Waals surface area (Å²) in [6.07, 6.45) is 1.64. The molecule has 1 heterocycles. The van der Waals surface area contributed by atoms with Crippen molar-refractivity contribution in [3.05, 3.63) is 56.0 Å². The lowest BCUT2D eigenvalue weighted by molar-refractivity contribution is -0.123. The monoisotopic (exact) mass is 525 g/mol. The van der Waals surface area contributed by atoms with E-state index < -0.39 is 0 Å². The van der Waals surface area contributed by atoms with E-state index in [0.717, 1.165) is 17.3 Å². The summed E-state index contributed by atoms with van der Waals surface area (Å²) in [5.41, 5.74) is 1.75. The van der Waals surface area contributed by atoms with E-state index in [1.54, 1.807) is 18.2 Å². The lowest BCUT2D eigenvalue weighted by Crippen LogP contribution is -2.32. The van der Waals surface area contributed by atoms with Crippen LogP contribution < -0.4 is 9.47 Å². The van der Waals surface area contributed by atoms with Crippen molar-refractivity contribution in [2.45, 2.75) is 13.8 Å². The van der Waals surface area contributed by atoms with E-state index in [4.69, 9.17) is 9.47 Å². The van der Waals surface area contributed by atoms with E-state index in [-0.39, 0.29) is 30.0 Å². The molecule has 3 rings (SSSR count). The number of phenolic OH excluding ortho intramolecular Hbond substituents is 1. The number of imide groups is 1. The topological polar surface area (TPSA) is 76.1 Å². The van der Waals surface area contributed by atoms with E-state index in [1.807, 2.05) is 60.7 Å². The molecule has 2 aromatic rings. The SMILES string of the molecule is CCOc1cc(/C=C2\SC(=O)N(CCOc3cccc(C)c3)C2=O)cc(I)c1O. The summed E-state index contributed by atoms with van der Waals surface area (Å²) in [4.78, 5) is 26.4. The van der Waals surface area contributed by atoms with Gasteiger partial charge in [-0.3, -0.25) is 14.5 Å². The number of benzene rings is 2. The van der Waals surface area contributed by atoms with Crippen molar-refractivity contribution in [3.63, 3.8) is 0 Å². The number of ether oxygens (including phenoxy) is 2. The van der Waals surface area contributed by atoms with Crippen LogP contribution in [0.3, 0.4) is 0 Å². The van der Waals surface area contributed by atoms with Gasteiger partial charge >= 0.3 is 0 Å². The fourth-order valence-electron chi connectivity index (χ4n) is 2.75. The summed E-state index contributed by atoms with van der Waals surface area (Å²) in [7, 11) is 0. The lowest BCUT2D eigenvalue weighted by Gasteiger charge is -2.13. The number of rotatable bonds is 7. The molecule has 0 aromatic heterocycles. The molecule has 6 nitrogen and oxygen atoms in total. The zero-order chi connectivity index (χ0) is 21.0. The van der Waals surface area contributed by atoms with Crippen LogP contribution in [0.25, 0.3) is 6.08 Å². The van der Waals surface area contributed by atoms with Crippen LogP contribution in [0, 0.1) is 10.5 Å². The van der Waals surface area contributed by atoms with Crippen LogP contribution in [0.4, 0.5) is 4.79 Å². The largest absolute Gasteiger partial charge is 0.504 e. The Hall–Kier alpha value is -2.20. The Labute approximate surface area is 187 Å². The highest BCUT2D eigenvalue weighted by Crippen LogP contribution is 2.36. The number of carbonyl (C=O) groups excluding carboxylic acids is 2. The summed E-state index contributed by atoms with van der Waals surface area (Å²) < 4.78 is 11.7. The van der Waals surface area contributed by atoms with Gasteiger partial charge in [0, 0.05) is 0 Å². The molecule has 0 saturated carbocycles. The molecular formula is C21H20INO5S. The molecule has 2 amide bonds. The molecule has 0 radical (unpaired) electrons. The molecule has 2 aromatic carbocycles. The van der Waals surface area contributed by atoms with Crippen molar-refractivity contribution < 1.29 is 24.2 Å². The normalized spacial score (nSPS) is 15.3. The minimum Gasteiger partial charge on any atom is -0.504 e. The molecule has 0 bridgehead atoms. The Balaban J connectivity index is 1.70. The summed E-state index contributed by atoms with van der Waals surface area (Å²) in [5, 5.41) is 9.73. The number of thioether (sulfide) groups is 1. The van der Waals surface area contributed by atoms with Gasteiger partial charge in [0.05, 0.1) is 21.6 Å². The van der Waals surface area contributed by atoms with Crippen LogP contribution in [0.15, 0.2) is 41.3 Å². The number of aromatic hydroxyl groups is 1. The van der Waals surface area contributed by atoms with Crippen molar-refractivity contribution in [1.82, 2.24) is 4.90 Å². The zero-order valence-corrected chi connectivity index (χ0v) is 19.0. The van der Waals surface area contributed by atoms with Crippen LogP contribution in [-0.4, -0.2) is 40.9 Å². The van der Waals surface area contributed by atoms with E-state index in [1.165, 1.54) is 4.90 Å². The Morgan fingerprint density at radius 1 is 1.21 bits per heavy atom. The molecule has 1 saturated heterocycles. The van der Waals surface area contributed by atoms with Crippen LogP contribution in [0.5, 0.6) is 17.2 Å². The summed E-state index contributed by atoms with van der Waals surface area (Å²) in [6, 6.07) is 11.0. The van der Waals surface area contributed by atoms with E-state index in [9.17, 15) is 14.7 Å². The van der Waals surface area contributed by atoms with Gasteiger partial charge in [-0.1, -0.05) is 12.1 Å². The van der Waals surface area contributed by atoms with Crippen molar-refractivity contribution in [2.24, 2.45) is 0 Å². The number of carbonyl (C=O) groups is 2. The third-order valence-corrected chi connectivity index (χ3v) is 5.82. The predicted octanol–water partition coefficient (Wildman–Crippen LogP) is 4.82. The third-order valence-electron chi connectivity index (χ3n) is 4.10. The highest BCUT2D eigenvalue weighted by atomic mass is 127. The predicted molar refractivity (Wildman–Crippen MR) is 121 cm³/mol. The van der Waals surface area contributed by atoms with Crippen LogP contribution in [-0.2, 0) is 4.79 Å². The summed E-state index contributed by atoms with van der Waals surface area (Å²) in [6.45, 7) is 4.59. The molecule has 29 heavy (non-hydrogen) atoms. The first-order chi connectivity index (χ1) is 13.9. The Morgan fingerprint density at radius 3 is 2.72 bits per heavy atom. The molecule has 0 atom stereocenters. The van der Waals surface area contributed by atoms with Crippen LogP contribution in [0.2, 0.25) is 0 Å². The smallest absolute Gasteiger partial charge is 0.293 e. The standard InChI is InChI=1S/C21H20INO5S/c1-3-27-17-11-14(10-16(22)19(17)24)12-18-20(25)23(21(26)29-18)7-8-28-15-6-4-5-13(2)9-15/h4-6,9-12,24H,3,7-8H2,1-2H3/b18-12-. The number of hydrogen-bond donors (Lipinski definition) is 1. The number of aryl methyl sites for hydroxylation is 1. The molecule has 0 unspecified atom stereocenters. The van der Waals surface area contributed by atoms with Crippen molar-refractivity contribution in [2.75, 3.05) is 19.8 Å². The first kappa shape index (κ1) is 21.5. The van der Waals surface area contributed by atoms with Crippen molar-refractivity contribution in [3.8, 4) is 17.2 Å². The number of nitrogens with zero attached hydrogens (tertiary/aromatic N) is 1. The van der Waals surface area contributed by atoms with E-state index in [0.29, 0.717) is 32.1 Å². The van der Waals surface area contributed by atoms with Gasteiger partial charge in [-0.05, 0) is 89.7 Å². The van der Waals surface area contributed by atoms with Gasteiger partial charge in [0.1, 0.15) is 12.4 Å². The van der Waals surface area contributed by atoms with Crippen molar-refractivity contribution in [1.29, 1.82) is 0 Å². The summed E-state index contributed by atoms with van der Waals surface area (Å²) in [5.74, 6) is 0.756. The second kappa shape index (κ2) is 9.53. The molecule has 1 fully saturated rings. The van der Waals surface area contributed by atoms with Gasteiger partial charge in [-0.25, -0.2) is 0 Å². The lowest BCUT2D eigenvalue weighted by atomic mass is 10.2. The van der Waals surface area contributed by atoms with Crippen LogP contribution in [0.1, 0.15) is 18.1 Å². The molecule has 1 aliphatic heterocycles. The zero-order valence-electron chi connectivity index (χ0n) is 16.0. The van der Waals surface area contributed by atoms with E-state index >= 15 is 0 Å². The highest BCUT2D eigenvalue weighted by Gasteiger charge is 2.34. The van der Waals surface area contributed by atoms with Crippen molar-refractivity contribution >= 4 is 51.6 Å². The van der Waals surface area contributed by atoms with Gasteiger partial charge in [0.15, 0.2) is 11.5 Å². The van der Waals surface area contributed by atoms with Gasteiger partial charge in [-0.15, -0.1) is 0 Å². The van der Waals surface area contributed by atoms with Gasteiger partial charge in [-0.2, -0.15) is 0 Å². The number of halogens is 1. The fourth-order valence-corrected chi connectivity index (χ4v) is 4.24. The average molecular weight is 525 g/mol.